The molecule has 1 aromatic rings. The second-order valence-corrected chi connectivity index (χ2v) is 4.58. The fourth-order valence-electron chi connectivity index (χ4n) is 1.95. The number of carbonyl (C=O) groups excluding carboxylic acids is 1. The Morgan fingerprint density at radius 1 is 1.53 bits per heavy atom. The number of nitrogens with one attached hydrogen (secondary N) is 1. The van der Waals surface area contributed by atoms with Crippen molar-refractivity contribution in [2.75, 3.05) is 19.6 Å². The first kappa shape index (κ1) is 13.3. The summed E-state index contributed by atoms with van der Waals surface area (Å²) in [6.07, 6.45) is 0.626. The van der Waals surface area contributed by atoms with E-state index in [4.69, 9.17) is 9.63 Å². The van der Waals surface area contributed by atoms with Crippen LogP contribution in [0.2, 0.25) is 0 Å². The van der Waals surface area contributed by atoms with Crippen LogP contribution in [0.4, 0.5) is 4.79 Å². The summed E-state index contributed by atoms with van der Waals surface area (Å²) in [7, 11) is 0. The second-order valence-electron chi connectivity index (χ2n) is 4.58. The third-order valence-corrected chi connectivity index (χ3v) is 2.90. The first-order valence-corrected chi connectivity index (χ1v) is 6.08. The van der Waals surface area contributed by atoms with E-state index in [9.17, 15) is 9.59 Å². The van der Waals surface area contributed by atoms with Crippen LogP contribution < -0.4 is 5.32 Å². The van der Waals surface area contributed by atoms with Crippen molar-refractivity contribution in [2.24, 2.45) is 5.92 Å². The first-order chi connectivity index (χ1) is 9.04. The van der Waals surface area contributed by atoms with Gasteiger partial charge in [-0.3, -0.25) is 4.79 Å². The van der Waals surface area contributed by atoms with Crippen molar-refractivity contribution in [3.8, 4) is 0 Å². The van der Waals surface area contributed by atoms with E-state index in [1.807, 2.05) is 0 Å². The Kier molecular flexibility index (Phi) is 3.98. The van der Waals surface area contributed by atoms with E-state index in [1.165, 1.54) is 0 Å². The minimum Gasteiger partial charge on any atom is -0.481 e. The Labute approximate surface area is 109 Å². The van der Waals surface area contributed by atoms with Gasteiger partial charge in [-0.2, -0.15) is 4.98 Å². The topological polar surface area (TPSA) is 109 Å². The number of carboxylic acids is 1. The minimum absolute atomic E-state index is 0.0723. The number of carbonyl (C=O) groups is 2. The zero-order valence-electron chi connectivity index (χ0n) is 10.6. The summed E-state index contributed by atoms with van der Waals surface area (Å²) in [5.74, 6) is 0.311. The van der Waals surface area contributed by atoms with E-state index in [-0.39, 0.29) is 18.4 Å². The third kappa shape index (κ3) is 3.67. The fourth-order valence-corrected chi connectivity index (χ4v) is 1.95. The first-order valence-electron chi connectivity index (χ1n) is 6.08. The van der Waals surface area contributed by atoms with Gasteiger partial charge in [0, 0.05) is 38.9 Å². The van der Waals surface area contributed by atoms with Gasteiger partial charge in [0.2, 0.25) is 5.89 Å². The maximum absolute atomic E-state index is 11.7. The zero-order valence-corrected chi connectivity index (χ0v) is 10.6. The monoisotopic (exact) mass is 268 g/mol. The molecule has 8 nitrogen and oxygen atoms in total. The van der Waals surface area contributed by atoms with Crippen molar-refractivity contribution in [1.82, 2.24) is 20.4 Å². The number of aromatic nitrogens is 2. The van der Waals surface area contributed by atoms with E-state index in [1.54, 1.807) is 11.8 Å². The Bertz CT molecular complexity index is 467. The van der Waals surface area contributed by atoms with Crippen molar-refractivity contribution in [3.05, 3.63) is 11.7 Å². The summed E-state index contributed by atoms with van der Waals surface area (Å²) in [5.41, 5.74) is 0. The van der Waals surface area contributed by atoms with E-state index in [0.717, 1.165) is 0 Å². The maximum Gasteiger partial charge on any atom is 0.317 e. The molecule has 0 aromatic carbocycles. The van der Waals surface area contributed by atoms with Crippen molar-refractivity contribution in [1.29, 1.82) is 0 Å². The molecular formula is C11H16N4O4. The molecular weight excluding hydrogens is 252 g/mol. The van der Waals surface area contributed by atoms with Crippen LogP contribution in [0.3, 0.4) is 0 Å². The summed E-state index contributed by atoms with van der Waals surface area (Å²) in [6.45, 7) is 3.13. The smallest absolute Gasteiger partial charge is 0.317 e. The van der Waals surface area contributed by atoms with Crippen LogP contribution in [0.15, 0.2) is 4.52 Å². The van der Waals surface area contributed by atoms with Crippen molar-refractivity contribution in [2.45, 2.75) is 19.8 Å². The fraction of sp³-hybridized carbons (Fsp3) is 0.636. The molecule has 2 N–H and O–H groups in total. The van der Waals surface area contributed by atoms with E-state index < -0.39 is 5.97 Å². The van der Waals surface area contributed by atoms with Crippen LogP contribution in [0.25, 0.3) is 0 Å². The van der Waals surface area contributed by atoms with Gasteiger partial charge in [0.1, 0.15) is 0 Å². The Morgan fingerprint density at radius 3 is 2.84 bits per heavy atom. The average Bonchev–Trinajstić information content (AvgIpc) is 2.68. The number of aryl methyl sites for hydroxylation is 1. The molecule has 2 rings (SSSR count). The van der Waals surface area contributed by atoms with Crippen LogP contribution in [0, 0.1) is 12.8 Å². The molecule has 1 aromatic heterocycles. The highest BCUT2D eigenvalue weighted by Crippen LogP contribution is 2.18. The van der Waals surface area contributed by atoms with Gasteiger partial charge in [0.15, 0.2) is 5.82 Å². The number of nitrogens with zero attached hydrogens (tertiary/aromatic N) is 3. The molecule has 0 aliphatic carbocycles. The molecule has 2 heterocycles. The molecule has 0 bridgehead atoms. The van der Waals surface area contributed by atoms with Gasteiger partial charge in [-0.15, -0.1) is 0 Å². The van der Waals surface area contributed by atoms with E-state index >= 15 is 0 Å². The highest BCUT2D eigenvalue weighted by atomic mass is 16.5. The van der Waals surface area contributed by atoms with E-state index in [2.05, 4.69) is 15.5 Å². The normalized spacial score (nSPS) is 15.1. The summed E-state index contributed by atoms with van der Waals surface area (Å²) < 4.78 is 4.81. The number of rotatable bonds is 5. The van der Waals surface area contributed by atoms with E-state index in [0.29, 0.717) is 37.8 Å². The van der Waals surface area contributed by atoms with Gasteiger partial charge in [-0.05, 0) is 0 Å². The minimum atomic E-state index is -0.822. The number of amides is 2. The lowest BCUT2D eigenvalue weighted by molar-refractivity contribution is -0.139. The molecule has 19 heavy (non-hydrogen) atoms. The molecule has 0 spiro atoms. The SMILES string of the molecule is Cc1nc(CCNC(=O)N2CC(CC(=O)O)C2)no1. The molecule has 1 aliphatic rings. The number of likely N-dealkylation sites (tertiary alicyclic amines) is 1. The molecule has 8 heteroatoms. The summed E-state index contributed by atoms with van der Waals surface area (Å²) in [6, 6.07) is -0.179. The van der Waals surface area contributed by atoms with Crippen LogP contribution in [0.1, 0.15) is 18.1 Å². The Hall–Kier alpha value is -2.12. The largest absolute Gasteiger partial charge is 0.481 e. The number of hydrogen-bond acceptors (Lipinski definition) is 5. The Balaban J connectivity index is 1.62. The number of aliphatic carboxylic acids is 1. The van der Waals surface area contributed by atoms with Crippen LogP contribution in [-0.4, -0.2) is 51.8 Å². The zero-order chi connectivity index (χ0) is 13.8. The predicted molar refractivity (Wildman–Crippen MR) is 63.5 cm³/mol. The molecule has 0 saturated carbocycles. The molecule has 1 aliphatic heterocycles. The molecule has 0 unspecified atom stereocenters. The highest BCUT2D eigenvalue weighted by Gasteiger charge is 2.31. The predicted octanol–water partition coefficient (Wildman–Crippen LogP) is 0.0366. The second kappa shape index (κ2) is 5.68. The third-order valence-electron chi connectivity index (χ3n) is 2.90. The van der Waals surface area contributed by atoms with Crippen molar-refractivity contribution < 1.29 is 19.2 Å². The molecule has 0 radical (unpaired) electrons. The number of urea groups is 1. The standard InChI is InChI=1S/C11H16N4O4/c1-7-13-9(14-19-7)2-3-12-11(18)15-5-8(6-15)4-10(16)17/h8H,2-6H2,1H3,(H,12,18)(H,16,17). The molecule has 2 amide bonds. The number of carboxylic acid groups (broad SMARTS) is 1. The maximum atomic E-state index is 11.7. The van der Waals surface area contributed by atoms with Gasteiger partial charge in [0.05, 0.1) is 6.42 Å². The Morgan fingerprint density at radius 2 is 2.26 bits per heavy atom. The quantitative estimate of drug-likeness (QED) is 0.780. The van der Waals surface area contributed by atoms with Gasteiger partial charge < -0.3 is 19.8 Å². The van der Waals surface area contributed by atoms with Crippen molar-refractivity contribution in [3.63, 3.8) is 0 Å². The summed E-state index contributed by atoms with van der Waals surface area (Å²) in [5, 5.41) is 15.1. The van der Waals surface area contributed by atoms with Crippen molar-refractivity contribution >= 4 is 12.0 Å². The average molecular weight is 268 g/mol. The van der Waals surface area contributed by atoms with Crippen LogP contribution >= 0.6 is 0 Å². The summed E-state index contributed by atoms with van der Waals surface area (Å²) >= 11 is 0. The highest BCUT2D eigenvalue weighted by molar-refractivity contribution is 5.75. The molecule has 0 atom stereocenters. The lowest BCUT2D eigenvalue weighted by Gasteiger charge is -2.38. The van der Waals surface area contributed by atoms with Crippen LogP contribution in [0.5, 0.6) is 0 Å². The molecule has 1 fully saturated rings. The van der Waals surface area contributed by atoms with Gasteiger partial charge in [-0.25, -0.2) is 4.79 Å². The van der Waals surface area contributed by atoms with Gasteiger partial charge >= 0.3 is 12.0 Å². The van der Waals surface area contributed by atoms with Crippen LogP contribution in [-0.2, 0) is 11.2 Å². The number of hydrogen-bond donors (Lipinski definition) is 2. The lowest BCUT2D eigenvalue weighted by Crippen LogP contribution is -2.54. The molecule has 104 valence electrons. The summed E-state index contributed by atoms with van der Waals surface area (Å²) in [4.78, 5) is 27.7. The van der Waals surface area contributed by atoms with Gasteiger partial charge in [-0.1, -0.05) is 5.16 Å². The molecule has 1 saturated heterocycles. The lowest BCUT2D eigenvalue weighted by atomic mass is 9.97. The van der Waals surface area contributed by atoms with Gasteiger partial charge in [0.25, 0.3) is 0 Å².